The summed E-state index contributed by atoms with van der Waals surface area (Å²) in [6.45, 7) is 5.25. The fourth-order valence-corrected chi connectivity index (χ4v) is 2.91. The van der Waals surface area contributed by atoms with Crippen LogP contribution in [0.5, 0.6) is 0 Å². The van der Waals surface area contributed by atoms with Gasteiger partial charge in [0.1, 0.15) is 5.82 Å². The predicted octanol–water partition coefficient (Wildman–Crippen LogP) is 2.26. The smallest absolute Gasteiger partial charge is 0.274 e. The van der Waals surface area contributed by atoms with Gasteiger partial charge in [-0.15, -0.1) is 0 Å². The molecule has 2 bridgehead atoms. The average molecular weight is 296 g/mol. The van der Waals surface area contributed by atoms with Crippen molar-refractivity contribution in [1.82, 2.24) is 14.9 Å². The van der Waals surface area contributed by atoms with Crippen molar-refractivity contribution in [2.45, 2.75) is 44.8 Å². The van der Waals surface area contributed by atoms with Crippen molar-refractivity contribution in [2.75, 3.05) is 13.1 Å². The van der Waals surface area contributed by atoms with Gasteiger partial charge >= 0.3 is 0 Å². The number of ether oxygens (including phenoxy) is 1. The van der Waals surface area contributed by atoms with Crippen LogP contribution in [0.1, 0.15) is 48.9 Å². The number of rotatable bonds is 2. The normalized spacial score (nSPS) is 25.3. The molecule has 2 aliphatic rings. The summed E-state index contributed by atoms with van der Waals surface area (Å²) in [6.07, 6.45) is 3.92. The van der Waals surface area contributed by atoms with Crippen LogP contribution in [-0.2, 0) is 4.74 Å². The summed E-state index contributed by atoms with van der Waals surface area (Å²) in [5.41, 5.74) is 0.312. The van der Waals surface area contributed by atoms with E-state index in [0.29, 0.717) is 29.6 Å². The van der Waals surface area contributed by atoms with Crippen molar-refractivity contribution in [3.8, 4) is 0 Å². The van der Waals surface area contributed by atoms with Gasteiger partial charge in [0.25, 0.3) is 5.91 Å². The molecule has 2 atom stereocenters. The molecular formula is C14H18ClN3O2. The number of halogens is 1. The van der Waals surface area contributed by atoms with Gasteiger partial charge in [0.05, 0.1) is 23.4 Å². The first-order chi connectivity index (χ1) is 9.54. The lowest BCUT2D eigenvalue weighted by Crippen LogP contribution is -2.46. The summed E-state index contributed by atoms with van der Waals surface area (Å²) in [6, 6.07) is 0. The molecule has 1 aromatic rings. The summed E-state index contributed by atoms with van der Waals surface area (Å²) in [4.78, 5) is 22.9. The number of hydrogen-bond acceptors (Lipinski definition) is 4. The Morgan fingerprint density at radius 2 is 2.05 bits per heavy atom. The van der Waals surface area contributed by atoms with Gasteiger partial charge in [-0.05, 0) is 12.8 Å². The molecule has 2 saturated heterocycles. The van der Waals surface area contributed by atoms with Crippen LogP contribution >= 0.6 is 11.6 Å². The molecule has 20 heavy (non-hydrogen) atoms. The number of nitrogens with zero attached hydrogens (tertiary/aromatic N) is 3. The molecule has 6 heteroatoms. The van der Waals surface area contributed by atoms with Crippen molar-refractivity contribution < 1.29 is 9.53 Å². The zero-order valence-electron chi connectivity index (χ0n) is 11.7. The Kier molecular flexibility index (Phi) is 3.65. The first-order valence-electron chi connectivity index (χ1n) is 7.01. The zero-order valence-corrected chi connectivity index (χ0v) is 12.4. The molecular weight excluding hydrogens is 278 g/mol. The topological polar surface area (TPSA) is 55.3 Å². The highest BCUT2D eigenvalue weighted by Crippen LogP contribution is 2.28. The molecule has 5 nitrogen and oxygen atoms in total. The molecule has 0 N–H and O–H groups in total. The summed E-state index contributed by atoms with van der Waals surface area (Å²) in [5, 5.41) is 0.318. The molecule has 0 aliphatic carbocycles. The van der Waals surface area contributed by atoms with E-state index in [1.165, 1.54) is 6.20 Å². The van der Waals surface area contributed by atoms with Gasteiger partial charge in [-0.2, -0.15) is 0 Å². The van der Waals surface area contributed by atoms with Crippen LogP contribution in [0.25, 0.3) is 0 Å². The third-order valence-corrected chi connectivity index (χ3v) is 4.09. The number of hydrogen-bond donors (Lipinski definition) is 0. The highest BCUT2D eigenvalue weighted by molar-refractivity contribution is 6.33. The van der Waals surface area contributed by atoms with Crippen LogP contribution in [0.3, 0.4) is 0 Å². The van der Waals surface area contributed by atoms with E-state index < -0.39 is 0 Å². The van der Waals surface area contributed by atoms with Gasteiger partial charge in [-0.3, -0.25) is 4.79 Å². The van der Waals surface area contributed by atoms with Crippen LogP contribution in [0.15, 0.2) is 6.20 Å². The van der Waals surface area contributed by atoms with E-state index in [2.05, 4.69) is 9.97 Å². The summed E-state index contributed by atoms with van der Waals surface area (Å²) >= 11 is 6.10. The molecule has 108 valence electrons. The first-order valence-corrected chi connectivity index (χ1v) is 7.39. The average Bonchev–Trinajstić information content (AvgIpc) is 2.77. The lowest BCUT2D eigenvalue weighted by Gasteiger charge is -2.32. The first kappa shape index (κ1) is 13.8. The van der Waals surface area contributed by atoms with E-state index in [1.807, 2.05) is 18.7 Å². The molecule has 1 aromatic heterocycles. The number of morpholine rings is 1. The van der Waals surface area contributed by atoms with Gasteiger partial charge in [-0.25, -0.2) is 9.97 Å². The second-order valence-electron chi connectivity index (χ2n) is 5.75. The van der Waals surface area contributed by atoms with Crippen LogP contribution in [-0.4, -0.2) is 46.1 Å². The number of fused-ring (bicyclic) bond motifs is 2. The molecule has 2 aliphatic heterocycles. The van der Waals surface area contributed by atoms with E-state index in [4.69, 9.17) is 16.3 Å². The number of aromatic nitrogens is 2. The third-order valence-electron chi connectivity index (χ3n) is 3.81. The summed E-state index contributed by atoms with van der Waals surface area (Å²) in [5.74, 6) is 0.702. The van der Waals surface area contributed by atoms with Gasteiger partial charge in [-0.1, -0.05) is 25.4 Å². The van der Waals surface area contributed by atoms with Crippen LogP contribution in [0, 0.1) is 0 Å². The van der Waals surface area contributed by atoms with E-state index in [-0.39, 0.29) is 24.0 Å². The van der Waals surface area contributed by atoms with Crippen LogP contribution < -0.4 is 0 Å². The Labute approximate surface area is 123 Å². The Hall–Kier alpha value is -1.20. The highest BCUT2D eigenvalue weighted by atomic mass is 35.5. The van der Waals surface area contributed by atoms with Crippen molar-refractivity contribution in [2.24, 2.45) is 0 Å². The predicted molar refractivity (Wildman–Crippen MR) is 74.9 cm³/mol. The molecule has 0 aromatic carbocycles. The number of carbonyl (C=O) groups is 1. The summed E-state index contributed by atoms with van der Waals surface area (Å²) in [7, 11) is 0. The summed E-state index contributed by atoms with van der Waals surface area (Å²) < 4.78 is 5.75. The fraction of sp³-hybridized carbons (Fsp3) is 0.643. The van der Waals surface area contributed by atoms with Crippen molar-refractivity contribution in [3.63, 3.8) is 0 Å². The minimum Gasteiger partial charge on any atom is -0.371 e. The Bertz CT molecular complexity index is 523. The van der Waals surface area contributed by atoms with E-state index in [9.17, 15) is 4.79 Å². The highest BCUT2D eigenvalue weighted by Gasteiger charge is 2.36. The maximum atomic E-state index is 12.6. The Morgan fingerprint density at radius 1 is 1.40 bits per heavy atom. The molecule has 2 fully saturated rings. The maximum absolute atomic E-state index is 12.6. The minimum atomic E-state index is -0.112. The largest absolute Gasteiger partial charge is 0.371 e. The van der Waals surface area contributed by atoms with Gasteiger partial charge in [0, 0.05) is 19.0 Å². The maximum Gasteiger partial charge on any atom is 0.274 e. The number of likely N-dealkylation sites (tertiary alicyclic amines) is 1. The lowest BCUT2D eigenvalue weighted by atomic mass is 10.2. The fourth-order valence-electron chi connectivity index (χ4n) is 2.74. The number of amides is 1. The number of carbonyl (C=O) groups excluding carboxylic acids is 1. The molecule has 0 radical (unpaired) electrons. The monoisotopic (exact) mass is 295 g/mol. The van der Waals surface area contributed by atoms with Gasteiger partial charge in [0.15, 0.2) is 5.69 Å². The van der Waals surface area contributed by atoms with Crippen LogP contribution in [0.2, 0.25) is 5.02 Å². The van der Waals surface area contributed by atoms with Crippen molar-refractivity contribution in [3.05, 3.63) is 22.7 Å². The molecule has 0 spiro atoms. The van der Waals surface area contributed by atoms with Crippen molar-refractivity contribution in [1.29, 1.82) is 0 Å². The minimum absolute atomic E-state index is 0.112. The Balaban J connectivity index is 1.85. The molecule has 3 heterocycles. The quantitative estimate of drug-likeness (QED) is 0.840. The second kappa shape index (κ2) is 5.30. The van der Waals surface area contributed by atoms with E-state index in [1.54, 1.807) is 0 Å². The van der Waals surface area contributed by atoms with Crippen molar-refractivity contribution >= 4 is 17.5 Å². The third kappa shape index (κ3) is 2.52. The van der Waals surface area contributed by atoms with Gasteiger partial charge < -0.3 is 9.64 Å². The van der Waals surface area contributed by atoms with E-state index in [0.717, 1.165) is 12.8 Å². The second-order valence-corrected chi connectivity index (χ2v) is 6.15. The van der Waals surface area contributed by atoms with E-state index >= 15 is 0 Å². The lowest BCUT2D eigenvalue weighted by molar-refractivity contribution is -0.0305. The molecule has 2 unspecified atom stereocenters. The Morgan fingerprint density at radius 3 is 2.65 bits per heavy atom. The zero-order chi connectivity index (χ0) is 14.3. The van der Waals surface area contributed by atoms with Gasteiger partial charge in [0.2, 0.25) is 0 Å². The standard InChI is InChI=1S/C14H18ClN3O2/c1-8(2)13-16-5-11(15)12(17-13)14(19)18-6-9-3-4-10(7-18)20-9/h5,8-10H,3-4,6-7H2,1-2H3. The molecule has 3 rings (SSSR count). The SMILES string of the molecule is CC(C)c1ncc(Cl)c(C(=O)N2CC3CCC(C2)O3)n1. The molecule has 1 amide bonds. The molecule has 0 saturated carbocycles. The van der Waals surface area contributed by atoms with Crippen LogP contribution in [0.4, 0.5) is 0 Å².